The largest absolute Gasteiger partial charge is 0.354 e. The Morgan fingerprint density at radius 2 is 2.40 bits per heavy atom. The highest BCUT2D eigenvalue weighted by atomic mass is 16.1. The van der Waals surface area contributed by atoms with E-state index in [0.29, 0.717) is 6.04 Å². The average molecular weight is 276 g/mol. The van der Waals surface area contributed by atoms with Crippen LogP contribution >= 0.6 is 0 Å². The molecule has 1 fully saturated rings. The van der Waals surface area contributed by atoms with Crippen molar-refractivity contribution in [3.63, 3.8) is 0 Å². The Morgan fingerprint density at radius 3 is 3.10 bits per heavy atom. The van der Waals surface area contributed by atoms with Crippen LogP contribution in [0.3, 0.4) is 0 Å². The number of carbonyl (C=O) groups is 1. The van der Waals surface area contributed by atoms with E-state index in [0.717, 1.165) is 31.9 Å². The van der Waals surface area contributed by atoms with Crippen molar-refractivity contribution in [2.75, 3.05) is 24.5 Å². The topological polar surface area (TPSA) is 57.3 Å². The highest BCUT2D eigenvalue weighted by Gasteiger charge is 2.24. The van der Waals surface area contributed by atoms with E-state index >= 15 is 0 Å². The molecular formula is C15H24N4O. The van der Waals surface area contributed by atoms with E-state index in [1.54, 1.807) is 6.92 Å². The summed E-state index contributed by atoms with van der Waals surface area (Å²) in [7, 11) is 0. The minimum atomic E-state index is 0.0410. The average Bonchev–Trinajstić information content (AvgIpc) is 2.87. The Labute approximate surface area is 120 Å². The van der Waals surface area contributed by atoms with Gasteiger partial charge in [0.1, 0.15) is 5.82 Å². The highest BCUT2D eigenvalue weighted by Crippen LogP contribution is 2.21. The van der Waals surface area contributed by atoms with Gasteiger partial charge in [-0.05, 0) is 37.6 Å². The highest BCUT2D eigenvalue weighted by molar-refractivity contribution is 5.73. The van der Waals surface area contributed by atoms with Crippen molar-refractivity contribution >= 4 is 11.7 Å². The second-order valence-corrected chi connectivity index (χ2v) is 5.36. The number of nitrogens with one attached hydrogen (secondary N) is 2. The van der Waals surface area contributed by atoms with Crippen molar-refractivity contribution in [3.05, 3.63) is 23.9 Å². The summed E-state index contributed by atoms with van der Waals surface area (Å²) < 4.78 is 0. The number of amides is 1. The summed E-state index contributed by atoms with van der Waals surface area (Å²) in [5.74, 6) is 1.04. The standard InChI is InChI=1S/C15H24N4O/c1-4-16-11(2)13-5-7-17-15(9-13)19-8-6-14(10-19)18-12(3)20/h5,7,9,11,14,16H,4,6,8,10H2,1-3H3,(H,18,20). The first kappa shape index (κ1) is 14.8. The molecule has 2 N–H and O–H groups in total. The van der Waals surface area contributed by atoms with Crippen LogP contribution in [0.4, 0.5) is 5.82 Å². The van der Waals surface area contributed by atoms with Crippen LogP contribution in [-0.4, -0.2) is 36.6 Å². The SMILES string of the molecule is CCNC(C)c1ccnc(N2CCC(NC(C)=O)C2)c1. The number of hydrogen-bond acceptors (Lipinski definition) is 4. The van der Waals surface area contributed by atoms with Crippen molar-refractivity contribution in [2.24, 2.45) is 0 Å². The molecule has 1 amide bonds. The van der Waals surface area contributed by atoms with Crippen molar-refractivity contribution < 1.29 is 4.79 Å². The number of rotatable bonds is 5. The molecule has 2 unspecified atom stereocenters. The number of hydrogen-bond donors (Lipinski definition) is 2. The molecule has 0 bridgehead atoms. The summed E-state index contributed by atoms with van der Waals surface area (Å²) in [5, 5.41) is 6.39. The molecule has 110 valence electrons. The zero-order chi connectivity index (χ0) is 14.5. The Kier molecular flexibility index (Phi) is 4.95. The van der Waals surface area contributed by atoms with Crippen molar-refractivity contribution in [2.45, 2.75) is 39.3 Å². The van der Waals surface area contributed by atoms with Gasteiger partial charge in [-0.15, -0.1) is 0 Å². The molecule has 0 aliphatic carbocycles. The lowest BCUT2D eigenvalue weighted by Gasteiger charge is -2.20. The molecule has 1 aliphatic heterocycles. The lowest BCUT2D eigenvalue weighted by molar-refractivity contribution is -0.119. The van der Waals surface area contributed by atoms with Crippen molar-refractivity contribution in [1.29, 1.82) is 0 Å². The van der Waals surface area contributed by atoms with E-state index in [2.05, 4.69) is 46.5 Å². The third-order valence-corrected chi connectivity index (χ3v) is 3.70. The van der Waals surface area contributed by atoms with E-state index in [4.69, 9.17) is 0 Å². The van der Waals surface area contributed by atoms with E-state index < -0.39 is 0 Å². The maximum Gasteiger partial charge on any atom is 0.217 e. The van der Waals surface area contributed by atoms with Crippen LogP contribution in [0.2, 0.25) is 0 Å². The summed E-state index contributed by atoms with van der Waals surface area (Å²) in [4.78, 5) is 17.8. The summed E-state index contributed by atoms with van der Waals surface area (Å²) in [5.41, 5.74) is 1.25. The van der Waals surface area contributed by atoms with Crippen LogP contribution in [-0.2, 0) is 4.79 Å². The van der Waals surface area contributed by atoms with Gasteiger partial charge in [-0.1, -0.05) is 6.92 Å². The first-order valence-corrected chi connectivity index (χ1v) is 7.31. The summed E-state index contributed by atoms with van der Waals surface area (Å²) in [6.45, 7) is 8.57. The zero-order valence-electron chi connectivity index (χ0n) is 12.5. The Balaban J connectivity index is 2.03. The molecule has 1 aliphatic rings. The summed E-state index contributed by atoms with van der Waals surface area (Å²) in [6.07, 6.45) is 2.85. The molecule has 0 radical (unpaired) electrons. The third-order valence-electron chi connectivity index (χ3n) is 3.70. The number of pyridine rings is 1. The molecular weight excluding hydrogens is 252 g/mol. The van der Waals surface area contributed by atoms with Gasteiger partial charge in [-0.3, -0.25) is 4.79 Å². The molecule has 5 heteroatoms. The molecule has 1 aromatic rings. The maximum atomic E-state index is 11.1. The van der Waals surface area contributed by atoms with Gasteiger partial charge in [0.15, 0.2) is 0 Å². The van der Waals surface area contributed by atoms with Crippen LogP contribution in [0.5, 0.6) is 0 Å². The van der Waals surface area contributed by atoms with Gasteiger partial charge in [0.05, 0.1) is 0 Å². The van der Waals surface area contributed by atoms with E-state index in [9.17, 15) is 4.79 Å². The van der Waals surface area contributed by atoms with Crippen molar-refractivity contribution in [3.8, 4) is 0 Å². The summed E-state index contributed by atoms with van der Waals surface area (Å²) >= 11 is 0. The minimum absolute atomic E-state index is 0.0410. The van der Waals surface area contributed by atoms with Crippen molar-refractivity contribution in [1.82, 2.24) is 15.6 Å². The Hall–Kier alpha value is -1.62. The maximum absolute atomic E-state index is 11.1. The molecule has 1 aromatic heterocycles. The fourth-order valence-corrected chi connectivity index (χ4v) is 2.67. The lowest BCUT2D eigenvalue weighted by Crippen LogP contribution is -2.35. The number of aromatic nitrogens is 1. The quantitative estimate of drug-likeness (QED) is 0.855. The van der Waals surface area contributed by atoms with Gasteiger partial charge < -0.3 is 15.5 Å². The van der Waals surface area contributed by atoms with E-state index in [1.807, 2.05) is 6.20 Å². The minimum Gasteiger partial charge on any atom is -0.354 e. The predicted molar refractivity (Wildman–Crippen MR) is 80.8 cm³/mol. The van der Waals surface area contributed by atoms with Crippen LogP contribution in [0.15, 0.2) is 18.3 Å². The van der Waals surface area contributed by atoms with Gasteiger partial charge in [-0.2, -0.15) is 0 Å². The predicted octanol–water partition coefficient (Wildman–Crippen LogP) is 1.47. The Bertz CT molecular complexity index is 463. The molecule has 2 atom stereocenters. The zero-order valence-corrected chi connectivity index (χ0v) is 12.5. The van der Waals surface area contributed by atoms with E-state index in [1.165, 1.54) is 5.56 Å². The van der Waals surface area contributed by atoms with Crippen LogP contribution in [0.1, 0.15) is 38.8 Å². The third kappa shape index (κ3) is 3.70. The van der Waals surface area contributed by atoms with Crippen LogP contribution in [0, 0.1) is 0 Å². The van der Waals surface area contributed by atoms with Gasteiger partial charge in [0.2, 0.25) is 5.91 Å². The van der Waals surface area contributed by atoms with Gasteiger partial charge in [0, 0.05) is 38.3 Å². The van der Waals surface area contributed by atoms with Crippen LogP contribution in [0.25, 0.3) is 0 Å². The second-order valence-electron chi connectivity index (χ2n) is 5.36. The molecule has 1 saturated heterocycles. The molecule has 0 saturated carbocycles. The molecule has 2 rings (SSSR count). The van der Waals surface area contributed by atoms with Gasteiger partial charge >= 0.3 is 0 Å². The fraction of sp³-hybridized carbons (Fsp3) is 0.600. The Morgan fingerprint density at radius 1 is 1.60 bits per heavy atom. The normalized spacial score (nSPS) is 19.9. The number of nitrogens with zero attached hydrogens (tertiary/aromatic N) is 2. The second kappa shape index (κ2) is 6.70. The molecule has 20 heavy (non-hydrogen) atoms. The van der Waals surface area contributed by atoms with E-state index in [-0.39, 0.29) is 11.9 Å². The smallest absolute Gasteiger partial charge is 0.217 e. The fourth-order valence-electron chi connectivity index (χ4n) is 2.67. The first-order chi connectivity index (χ1) is 9.60. The molecule has 0 spiro atoms. The van der Waals surface area contributed by atoms with Gasteiger partial charge in [-0.25, -0.2) is 4.98 Å². The first-order valence-electron chi connectivity index (χ1n) is 7.31. The molecule has 2 heterocycles. The lowest BCUT2D eigenvalue weighted by atomic mass is 10.1. The van der Waals surface area contributed by atoms with Crippen LogP contribution < -0.4 is 15.5 Å². The summed E-state index contributed by atoms with van der Waals surface area (Å²) in [6, 6.07) is 4.77. The van der Waals surface area contributed by atoms with Gasteiger partial charge in [0.25, 0.3) is 0 Å². The number of anilines is 1. The monoisotopic (exact) mass is 276 g/mol. The molecule has 5 nitrogen and oxygen atoms in total. The number of carbonyl (C=O) groups excluding carboxylic acids is 1. The molecule has 0 aromatic carbocycles.